The van der Waals surface area contributed by atoms with Crippen molar-refractivity contribution in [1.29, 1.82) is 0 Å². The molecule has 1 heterocycles. The van der Waals surface area contributed by atoms with E-state index in [0.29, 0.717) is 16.5 Å². The maximum Gasteiger partial charge on any atom is 0.348 e. The molecule has 5 nitrogen and oxygen atoms in total. The Labute approximate surface area is 244 Å². The van der Waals surface area contributed by atoms with E-state index in [4.69, 9.17) is 4.74 Å². The number of carboxylic acid groups (broad SMARTS) is 1. The van der Waals surface area contributed by atoms with Crippen LogP contribution in [0.2, 0.25) is 0 Å². The van der Waals surface area contributed by atoms with Crippen molar-refractivity contribution in [3.05, 3.63) is 21.9 Å². The summed E-state index contributed by atoms with van der Waals surface area (Å²) in [7, 11) is 1.75. The Morgan fingerprint density at radius 1 is 1.06 bits per heavy atom. The van der Waals surface area contributed by atoms with Crippen LogP contribution in [-0.2, 0) is 9.53 Å². The molecule has 33 heavy (non-hydrogen) atoms. The third-order valence-corrected chi connectivity index (χ3v) is 8.91. The van der Waals surface area contributed by atoms with Gasteiger partial charge in [0.25, 0.3) is 0 Å². The van der Waals surface area contributed by atoms with E-state index in [2.05, 4.69) is 13.0 Å². The Balaban J connectivity index is 0.00000306. The molecule has 0 aliphatic heterocycles. The zero-order valence-corrected chi connectivity index (χ0v) is 24.4. The molecule has 4 rings (SSSR count). The molecule has 1 aromatic heterocycles. The predicted octanol–water partition coefficient (Wildman–Crippen LogP) is 6.14. The normalized spacial score (nSPS) is 27.9. The number of carbonyl (C=O) groups is 2. The number of amides is 1. The Kier molecular flexibility index (Phi) is 10.7. The minimum Gasteiger partial charge on any atom is -0.477 e. The number of thiophene rings is 1. The van der Waals surface area contributed by atoms with Gasteiger partial charge in [0.2, 0.25) is 5.91 Å². The number of nitrogens with zero attached hydrogens (tertiary/aromatic N) is 1. The Hall–Kier alpha value is -0.0236. The summed E-state index contributed by atoms with van der Waals surface area (Å²) < 4.78 is 5.56. The summed E-state index contributed by atoms with van der Waals surface area (Å²) in [6.07, 6.45) is 14.4. The van der Waals surface area contributed by atoms with Crippen molar-refractivity contribution < 1.29 is 19.4 Å². The number of hydrogen-bond donors (Lipinski definition) is 1. The summed E-state index contributed by atoms with van der Waals surface area (Å²) in [6.45, 7) is 2.26. The van der Waals surface area contributed by atoms with Gasteiger partial charge in [-0.15, -0.1) is 11.3 Å². The van der Waals surface area contributed by atoms with Gasteiger partial charge in [-0.1, -0.05) is 13.0 Å². The summed E-state index contributed by atoms with van der Waals surface area (Å²) >= 11 is 1.35. The molecule has 0 atom stereocenters. The summed E-state index contributed by atoms with van der Waals surface area (Å²) in [5.74, 6) is -0.106. The molecule has 2 saturated carbocycles. The Morgan fingerprint density at radius 3 is 2.33 bits per heavy atom. The van der Waals surface area contributed by atoms with Crippen molar-refractivity contribution in [2.24, 2.45) is 11.8 Å². The number of anilines is 1. The third-order valence-electron chi connectivity index (χ3n) is 7.72. The number of ether oxygens (including phenoxy) is 1. The van der Waals surface area contributed by atoms with Gasteiger partial charge in [-0.25, -0.2) is 4.79 Å². The molecular formula is C26H37KNO4S. The molecule has 1 aromatic rings. The van der Waals surface area contributed by atoms with Gasteiger partial charge in [0.15, 0.2) is 0 Å². The SMILES string of the molecule is COC1CCC(N(C(=O)C2CCC(C)CC2)c2cc(C3=CCCCC3)sc2C(=O)O)CC1.[K]. The molecule has 1 N–H and O–H groups in total. The number of rotatable bonds is 6. The number of aromatic carboxylic acids is 1. The minimum atomic E-state index is -0.923. The van der Waals surface area contributed by atoms with E-state index in [1.54, 1.807) is 7.11 Å². The molecule has 0 spiro atoms. The second kappa shape index (κ2) is 12.8. The summed E-state index contributed by atoms with van der Waals surface area (Å²) in [6, 6.07) is 2.06. The van der Waals surface area contributed by atoms with E-state index in [1.165, 1.54) is 23.3 Å². The number of hydrogen-bond acceptors (Lipinski definition) is 4. The van der Waals surface area contributed by atoms with E-state index in [-0.39, 0.29) is 75.4 Å². The van der Waals surface area contributed by atoms with Crippen LogP contribution in [0.25, 0.3) is 5.57 Å². The number of allylic oxidation sites excluding steroid dienone is 2. The van der Waals surface area contributed by atoms with Gasteiger partial charge in [-0.3, -0.25) is 4.79 Å². The summed E-state index contributed by atoms with van der Waals surface area (Å²) in [5, 5.41) is 10.1. The molecule has 7 heteroatoms. The van der Waals surface area contributed by atoms with E-state index in [9.17, 15) is 14.7 Å². The quantitative estimate of drug-likeness (QED) is 0.479. The van der Waals surface area contributed by atoms with Crippen LogP contribution < -0.4 is 4.90 Å². The number of methoxy groups -OCH3 is 1. The second-order valence-electron chi connectivity index (χ2n) is 9.94. The Bertz CT molecular complexity index is 850. The third kappa shape index (κ3) is 6.60. The fraction of sp³-hybridized carbons (Fsp3) is 0.692. The van der Waals surface area contributed by atoms with Crippen LogP contribution in [0, 0.1) is 11.8 Å². The predicted molar refractivity (Wildman–Crippen MR) is 135 cm³/mol. The standard InChI is InChI=1S/C26H37NO4S.K/c1-17-8-10-19(11-9-17)25(28)27(20-12-14-21(31-2)15-13-20)22-16-23(32-24(22)26(29)30)18-6-4-3-5-7-18;/h6,16-17,19-21H,3-5,7-15H2,1-2H3,(H,29,30);. The van der Waals surface area contributed by atoms with Crippen molar-refractivity contribution in [2.75, 3.05) is 12.0 Å². The summed E-state index contributed by atoms with van der Waals surface area (Å²) in [4.78, 5) is 29.4. The first-order valence-electron chi connectivity index (χ1n) is 12.4. The average molecular weight is 499 g/mol. The maximum absolute atomic E-state index is 13.9. The number of carbonyl (C=O) groups excluding carboxylic acids is 1. The van der Waals surface area contributed by atoms with Gasteiger partial charge in [-0.05, 0) is 94.6 Å². The van der Waals surface area contributed by atoms with Crippen molar-refractivity contribution in [2.45, 2.75) is 96.1 Å². The van der Waals surface area contributed by atoms with Gasteiger partial charge >= 0.3 is 5.97 Å². The van der Waals surface area contributed by atoms with Crippen LogP contribution in [0.15, 0.2) is 12.1 Å². The van der Waals surface area contributed by atoms with Gasteiger partial charge in [0.05, 0.1) is 11.8 Å². The van der Waals surface area contributed by atoms with Crippen molar-refractivity contribution >= 4 is 85.9 Å². The van der Waals surface area contributed by atoms with Gasteiger partial charge < -0.3 is 14.7 Å². The molecule has 2 fully saturated rings. The fourth-order valence-corrected chi connectivity index (χ4v) is 6.73. The molecule has 0 unspecified atom stereocenters. The van der Waals surface area contributed by atoms with E-state index >= 15 is 0 Å². The maximum atomic E-state index is 13.9. The van der Waals surface area contributed by atoms with E-state index in [0.717, 1.165) is 75.5 Å². The van der Waals surface area contributed by atoms with Crippen LogP contribution in [0.4, 0.5) is 5.69 Å². The van der Waals surface area contributed by atoms with Crippen LogP contribution in [-0.4, -0.2) is 87.6 Å². The van der Waals surface area contributed by atoms with Crippen molar-refractivity contribution in [1.82, 2.24) is 0 Å². The van der Waals surface area contributed by atoms with Crippen LogP contribution >= 0.6 is 11.3 Å². The minimum absolute atomic E-state index is 0. The molecular weight excluding hydrogens is 461 g/mol. The molecule has 0 saturated heterocycles. The molecule has 0 bridgehead atoms. The fourth-order valence-electron chi connectivity index (χ4n) is 5.67. The Morgan fingerprint density at radius 2 is 1.76 bits per heavy atom. The topological polar surface area (TPSA) is 66.8 Å². The molecule has 1 amide bonds. The molecule has 0 aromatic carbocycles. The van der Waals surface area contributed by atoms with E-state index < -0.39 is 5.97 Å². The molecule has 3 aliphatic carbocycles. The largest absolute Gasteiger partial charge is 0.477 e. The smallest absolute Gasteiger partial charge is 0.348 e. The molecule has 3 aliphatic rings. The first kappa shape index (κ1) is 27.6. The zero-order chi connectivity index (χ0) is 22.7. The molecule has 1 radical (unpaired) electrons. The molecule has 177 valence electrons. The van der Waals surface area contributed by atoms with Gasteiger partial charge in [-0.2, -0.15) is 0 Å². The van der Waals surface area contributed by atoms with Gasteiger partial charge in [0, 0.05) is 75.3 Å². The van der Waals surface area contributed by atoms with E-state index in [1.807, 2.05) is 11.0 Å². The van der Waals surface area contributed by atoms with Crippen LogP contribution in [0.5, 0.6) is 0 Å². The van der Waals surface area contributed by atoms with Crippen molar-refractivity contribution in [3.8, 4) is 0 Å². The zero-order valence-electron chi connectivity index (χ0n) is 20.5. The second-order valence-corrected chi connectivity index (χ2v) is 11.0. The van der Waals surface area contributed by atoms with Crippen molar-refractivity contribution in [3.63, 3.8) is 0 Å². The van der Waals surface area contributed by atoms with Crippen LogP contribution in [0.3, 0.4) is 0 Å². The van der Waals surface area contributed by atoms with Crippen LogP contribution in [0.1, 0.15) is 98.5 Å². The average Bonchev–Trinajstić information content (AvgIpc) is 3.26. The first-order chi connectivity index (χ1) is 15.5. The first-order valence-corrected chi connectivity index (χ1v) is 13.2. The van der Waals surface area contributed by atoms with Gasteiger partial charge in [0.1, 0.15) is 4.88 Å². The number of carboxylic acids is 1. The monoisotopic (exact) mass is 498 g/mol. The summed E-state index contributed by atoms with van der Waals surface area (Å²) in [5.41, 5.74) is 1.88.